The molecule has 1 amide bonds. The van der Waals surface area contributed by atoms with E-state index in [4.69, 9.17) is 4.99 Å². The van der Waals surface area contributed by atoms with Crippen LogP contribution in [0.3, 0.4) is 0 Å². The van der Waals surface area contributed by atoms with Crippen molar-refractivity contribution in [3.8, 4) is 0 Å². The highest BCUT2D eigenvalue weighted by Crippen LogP contribution is 2.40. The average Bonchev–Trinajstić information content (AvgIpc) is 3.26. The van der Waals surface area contributed by atoms with Crippen LogP contribution in [0.25, 0.3) is 0 Å². The topological polar surface area (TPSA) is 87.6 Å². The van der Waals surface area contributed by atoms with Crippen molar-refractivity contribution >= 4 is 21.8 Å². The number of amidine groups is 1. The monoisotopic (exact) mass is 501 g/mol. The number of hydrogen-bond acceptors (Lipinski definition) is 4. The van der Waals surface area contributed by atoms with Gasteiger partial charge >= 0.3 is 0 Å². The van der Waals surface area contributed by atoms with Gasteiger partial charge in [0.15, 0.2) is 0 Å². The second-order valence-corrected chi connectivity index (χ2v) is 11.6. The van der Waals surface area contributed by atoms with Gasteiger partial charge in [-0.05, 0) is 79.8 Å². The summed E-state index contributed by atoms with van der Waals surface area (Å²) in [6.07, 6.45) is 5.07. The molecule has 2 atom stereocenters. The molecule has 1 heterocycles. The molecule has 2 N–H and O–H groups in total. The van der Waals surface area contributed by atoms with Crippen molar-refractivity contribution in [3.63, 3.8) is 0 Å². The number of aliphatic imine (C=N–C) groups is 1. The number of nitrogens with zero attached hydrogens (tertiary/aromatic N) is 1. The second-order valence-electron chi connectivity index (χ2n) is 9.82. The molecule has 2 aromatic rings. The van der Waals surface area contributed by atoms with Gasteiger partial charge in [0.05, 0.1) is 6.04 Å². The van der Waals surface area contributed by atoms with E-state index in [1.54, 1.807) is 6.07 Å². The molecule has 2 aromatic carbocycles. The number of fused-ring (bicyclic) bond motifs is 3. The first kappa shape index (κ1) is 24.1. The third kappa shape index (κ3) is 5.16. The molecule has 0 spiro atoms. The molecule has 0 unspecified atom stereocenters. The first-order chi connectivity index (χ1) is 16.8. The van der Waals surface area contributed by atoms with Crippen molar-refractivity contribution in [2.45, 2.75) is 61.8 Å². The number of benzene rings is 2. The van der Waals surface area contributed by atoms with Crippen LogP contribution < -0.4 is 10.0 Å². The predicted molar refractivity (Wildman–Crippen MR) is 128 cm³/mol. The summed E-state index contributed by atoms with van der Waals surface area (Å²) in [5.41, 5.74) is 2.17. The molecule has 0 bridgehead atoms. The van der Waals surface area contributed by atoms with Gasteiger partial charge < -0.3 is 5.32 Å². The maximum Gasteiger partial charge on any atom is 0.243 e. The summed E-state index contributed by atoms with van der Waals surface area (Å²) in [6, 6.07) is 10.4. The Morgan fingerprint density at radius 2 is 1.80 bits per heavy atom. The van der Waals surface area contributed by atoms with Crippen molar-refractivity contribution < 1.29 is 22.0 Å². The van der Waals surface area contributed by atoms with Crippen LogP contribution in [0.5, 0.6) is 0 Å². The van der Waals surface area contributed by atoms with Gasteiger partial charge in [-0.2, -0.15) is 0 Å². The molecule has 3 aliphatic rings. The highest BCUT2D eigenvalue weighted by Gasteiger charge is 2.36. The molecule has 1 fully saturated rings. The zero-order valence-corrected chi connectivity index (χ0v) is 20.2. The highest BCUT2D eigenvalue weighted by molar-refractivity contribution is 7.89. The van der Waals surface area contributed by atoms with Crippen LogP contribution in [0.4, 0.5) is 8.78 Å². The molecule has 0 radical (unpaired) electrons. The van der Waals surface area contributed by atoms with Gasteiger partial charge in [-0.15, -0.1) is 0 Å². The SMILES string of the molecule is O=C(NC1=N[C@@H]2CCc3cc(F)ccc3[C@@H]2C1)C1CCC(CNS(=O)(=O)c2ccccc2F)CC1. The van der Waals surface area contributed by atoms with Gasteiger partial charge in [-0.1, -0.05) is 18.2 Å². The van der Waals surface area contributed by atoms with Crippen LogP contribution in [-0.2, 0) is 21.2 Å². The number of carbonyl (C=O) groups excluding carboxylic acids is 1. The van der Waals surface area contributed by atoms with Crippen LogP contribution in [0.2, 0.25) is 0 Å². The van der Waals surface area contributed by atoms with Crippen LogP contribution in [0, 0.1) is 23.5 Å². The quantitative estimate of drug-likeness (QED) is 0.648. The van der Waals surface area contributed by atoms with E-state index in [2.05, 4.69) is 10.0 Å². The average molecular weight is 502 g/mol. The molecule has 2 aliphatic carbocycles. The Hall–Kier alpha value is -2.65. The van der Waals surface area contributed by atoms with Gasteiger partial charge in [-0.25, -0.2) is 21.9 Å². The van der Waals surface area contributed by atoms with E-state index < -0.39 is 15.8 Å². The Bertz CT molecular complexity index is 1260. The summed E-state index contributed by atoms with van der Waals surface area (Å²) >= 11 is 0. The third-order valence-corrected chi connectivity index (χ3v) is 9.04. The van der Waals surface area contributed by atoms with Crippen molar-refractivity contribution in [3.05, 3.63) is 65.2 Å². The van der Waals surface area contributed by atoms with E-state index in [1.165, 1.54) is 24.3 Å². The summed E-state index contributed by atoms with van der Waals surface area (Å²) in [6.45, 7) is 0.223. The zero-order chi connectivity index (χ0) is 24.6. The van der Waals surface area contributed by atoms with Crippen LogP contribution >= 0.6 is 0 Å². The summed E-state index contributed by atoms with van der Waals surface area (Å²) < 4.78 is 54.8. The number of rotatable bonds is 5. The number of halogens is 2. The van der Waals surface area contributed by atoms with Gasteiger partial charge in [0, 0.05) is 24.8 Å². The molecule has 0 aromatic heterocycles. The first-order valence-corrected chi connectivity index (χ1v) is 13.7. The molecule has 186 valence electrons. The fraction of sp³-hybridized carbons (Fsp3) is 0.462. The zero-order valence-electron chi connectivity index (χ0n) is 19.3. The van der Waals surface area contributed by atoms with Crippen LogP contribution in [-0.4, -0.2) is 32.7 Å². The molecule has 35 heavy (non-hydrogen) atoms. The van der Waals surface area contributed by atoms with E-state index in [9.17, 15) is 22.0 Å². The van der Waals surface area contributed by atoms with Gasteiger partial charge in [-0.3, -0.25) is 9.79 Å². The van der Waals surface area contributed by atoms with Crippen LogP contribution in [0.1, 0.15) is 55.6 Å². The van der Waals surface area contributed by atoms with Crippen molar-refractivity contribution in [1.82, 2.24) is 10.0 Å². The fourth-order valence-corrected chi connectivity index (χ4v) is 6.84. The number of aryl methyl sites for hydroxylation is 1. The highest BCUT2D eigenvalue weighted by atomic mass is 32.2. The minimum atomic E-state index is -3.91. The van der Waals surface area contributed by atoms with Gasteiger partial charge in [0.25, 0.3) is 0 Å². The number of carbonyl (C=O) groups is 1. The maximum absolute atomic E-state index is 13.9. The summed E-state index contributed by atoms with van der Waals surface area (Å²) in [7, 11) is -3.91. The van der Waals surface area contributed by atoms with Gasteiger partial charge in [0.1, 0.15) is 22.4 Å². The summed E-state index contributed by atoms with van der Waals surface area (Å²) in [4.78, 5) is 17.3. The summed E-state index contributed by atoms with van der Waals surface area (Å²) in [5, 5.41) is 3.03. The minimum absolute atomic E-state index is 0.0351. The molecule has 0 saturated heterocycles. The lowest BCUT2D eigenvalue weighted by atomic mass is 9.79. The molecule has 5 rings (SSSR count). The van der Waals surface area contributed by atoms with E-state index in [1.807, 2.05) is 6.07 Å². The third-order valence-electron chi connectivity index (χ3n) is 7.59. The molecule has 1 saturated carbocycles. The first-order valence-electron chi connectivity index (χ1n) is 12.2. The molecule has 9 heteroatoms. The summed E-state index contributed by atoms with van der Waals surface area (Å²) in [5.74, 6) is -0.164. The number of hydrogen-bond donors (Lipinski definition) is 2. The van der Waals surface area contributed by atoms with Crippen LogP contribution in [0.15, 0.2) is 52.4 Å². The lowest BCUT2D eigenvalue weighted by Gasteiger charge is -2.28. The Kier molecular flexibility index (Phi) is 6.72. The number of nitrogens with one attached hydrogen (secondary N) is 2. The van der Waals surface area contributed by atoms with Crippen molar-refractivity contribution in [1.29, 1.82) is 0 Å². The van der Waals surface area contributed by atoms with Gasteiger partial charge in [0.2, 0.25) is 15.9 Å². The Labute approximate surface area is 204 Å². The molecule has 6 nitrogen and oxygen atoms in total. The predicted octanol–water partition coefficient (Wildman–Crippen LogP) is 4.07. The largest absolute Gasteiger partial charge is 0.314 e. The standard InChI is InChI=1S/C26H29F2N3O3S/c27-19-10-11-20-18(13-19)9-12-23-21(20)14-25(30-23)31-26(32)17-7-5-16(6-8-17)15-29-35(33,34)24-4-2-1-3-22(24)28/h1-4,10-11,13,16-17,21,23,29H,5-9,12,14-15H2,(H,30,31,32)/t16?,17?,21-,23+/m0/s1. The molecule has 1 aliphatic heterocycles. The molecular weight excluding hydrogens is 472 g/mol. The minimum Gasteiger partial charge on any atom is -0.314 e. The number of amides is 1. The number of sulfonamides is 1. The lowest BCUT2D eigenvalue weighted by Crippen LogP contribution is -2.38. The lowest BCUT2D eigenvalue weighted by molar-refractivity contribution is -0.124. The fourth-order valence-electron chi connectivity index (χ4n) is 5.65. The van der Waals surface area contributed by atoms with E-state index >= 15 is 0 Å². The normalized spacial score (nSPS) is 25.9. The van der Waals surface area contributed by atoms with E-state index in [0.29, 0.717) is 37.9 Å². The van der Waals surface area contributed by atoms with E-state index in [0.717, 1.165) is 30.0 Å². The maximum atomic E-state index is 13.9. The van der Waals surface area contributed by atoms with Crippen molar-refractivity contribution in [2.24, 2.45) is 16.8 Å². The Morgan fingerprint density at radius 3 is 2.57 bits per heavy atom. The van der Waals surface area contributed by atoms with E-state index in [-0.39, 0.29) is 47.0 Å². The Balaban J connectivity index is 1.11. The molecular formula is C26H29F2N3O3S. The Morgan fingerprint density at radius 1 is 1.03 bits per heavy atom. The van der Waals surface area contributed by atoms with Crippen molar-refractivity contribution in [2.75, 3.05) is 6.54 Å². The second kappa shape index (κ2) is 9.78. The smallest absolute Gasteiger partial charge is 0.243 e.